The predicted octanol–water partition coefficient (Wildman–Crippen LogP) is 3.14. The van der Waals surface area contributed by atoms with Gasteiger partial charge in [-0.05, 0) is 24.3 Å². The molecule has 0 aliphatic heterocycles. The largest absolute Gasteiger partial charge is 0.469 e. The SMILES string of the molecule is Nc1cc(Cl)c(Cl)c(C(=O)NCCc2ccco2)c1. The summed E-state index contributed by atoms with van der Waals surface area (Å²) in [5.74, 6) is 0.489. The van der Waals surface area contributed by atoms with E-state index in [1.807, 2.05) is 6.07 Å². The van der Waals surface area contributed by atoms with Crippen LogP contribution in [-0.4, -0.2) is 12.5 Å². The van der Waals surface area contributed by atoms with E-state index >= 15 is 0 Å². The van der Waals surface area contributed by atoms with Gasteiger partial charge in [0.2, 0.25) is 0 Å². The molecule has 0 saturated heterocycles. The van der Waals surface area contributed by atoms with E-state index in [1.165, 1.54) is 12.1 Å². The number of amides is 1. The van der Waals surface area contributed by atoms with Crippen molar-refractivity contribution < 1.29 is 9.21 Å². The molecule has 0 unspecified atom stereocenters. The fraction of sp³-hybridized carbons (Fsp3) is 0.154. The van der Waals surface area contributed by atoms with Gasteiger partial charge < -0.3 is 15.5 Å². The molecule has 1 aromatic carbocycles. The first-order chi connectivity index (χ1) is 9.08. The Morgan fingerprint density at radius 1 is 1.37 bits per heavy atom. The van der Waals surface area contributed by atoms with Crippen LogP contribution in [0.1, 0.15) is 16.1 Å². The smallest absolute Gasteiger partial charge is 0.252 e. The molecule has 1 amide bonds. The van der Waals surface area contributed by atoms with Gasteiger partial charge >= 0.3 is 0 Å². The van der Waals surface area contributed by atoms with E-state index in [9.17, 15) is 4.79 Å². The van der Waals surface area contributed by atoms with Gasteiger partial charge in [0.05, 0.1) is 21.9 Å². The molecule has 19 heavy (non-hydrogen) atoms. The summed E-state index contributed by atoms with van der Waals surface area (Å²) in [5.41, 5.74) is 6.30. The molecule has 0 atom stereocenters. The van der Waals surface area contributed by atoms with E-state index < -0.39 is 0 Å². The van der Waals surface area contributed by atoms with E-state index in [0.717, 1.165) is 5.76 Å². The molecule has 0 radical (unpaired) electrons. The van der Waals surface area contributed by atoms with Crippen LogP contribution in [-0.2, 0) is 6.42 Å². The minimum atomic E-state index is -0.314. The van der Waals surface area contributed by atoms with E-state index in [0.29, 0.717) is 18.7 Å². The van der Waals surface area contributed by atoms with Gasteiger partial charge in [0.25, 0.3) is 5.91 Å². The highest BCUT2D eigenvalue weighted by Crippen LogP contribution is 2.28. The van der Waals surface area contributed by atoms with Crippen LogP contribution in [0.2, 0.25) is 10.0 Å². The molecule has 2 rings (SSSR count). The molecule has 0 bridgehead atoms. The van der Waals surface area contributed by atoms with Crippen LogP contribution in [0.4, 0.5) is 5.69 Å². The van der Waals surface area contributed by atoms with E-state index in [2.05, 4.69) is 5.32 Å². The summed E-state index contributed by atoms with van der Waals surface area (Å²) in [6.07, 6.45) is 2.19. The van der Waals surface area contributed by atoms with Gasteiger partial charge in [-0.2, -0.15) is 0 Å². The number of hydrogen-bond acceptors (Lipinski definition) is 3. The zero-order valence-electron chi connectivity index (χ0n) is 9.95. The second kappa shape index (κ2) is 5.99. The van der Waals surface area contributed by atoms with Crippen molar-refractivity contribution in [3.8, 4) is 0 Å². The van der Waals surface area contributed by atoms with Crippen molar-refractivity contribution in [2.75, 3.05) is 12.3 Å². The third-order valence-corrected chi connectivity index (χ3v) is 3.33. The number of hydrogen-bond donors (Lipinski definition) is 2. The lowest BCUT2D eigenvalue weighted by Crippen LogP contribution is -2.26. The van der Waals surface area contributed by atoms with Gasteiger partial charge in [-0.15, -0.1) is 0 Å². The van der Waals surface area contributed by atoms with Crippen molar-refractivity contribution in [3.05, 3.63) is 51.9 Å². The third-order valence-electron chi connectivity index (χ3n) is 2.53. The summed E-state index contributed by atoms with van der Waals surface area (Å²) < 4.78 is 5.16. The lowest BCUT2D eigenvalue weighted by atomic mass is 10.2. The topological polar surface area (TPSA) is 68.3 Å². The standard InChI is InChI=1S/C13H12Cl2N2O2/c14-11-7-8(16)6-10(12(11)15)13(18)17-4-3-9-2-1-5-19-9/h1-2,5-7H,3-4,16H2,(H,17,18). The fourth-order valence-corrected chi connectivity index (χ4v) is 2.05. The molecule has 6 heteroatoms. The Balaban J connectivity index is 2.00. The molecule has 100 valence electrons. The van der Waals surface area contributed by atoms with E-state index in [-0.39, 0.29) is 21.5 Å². The Bertz CT molecular complexity index is 583. The lowest BCUT2D eigenvalue weighted by molar-refractivity contribution is 0.0954. The van der Waals surface area contributed by atoms with Crippen molar-refractivity contribution in [1.82, 2.24) is 5.32 Å². The molecule has 3 N–H and O–H groups in total. The van der Waals surface area contributed by atoms with Crippen molar-refractivity contribution >= 4 is 34.8 Å². The van der Waals surface area contributed by atoms with Gasteiger partial charge in [-0.3, -0.25) is 4.79 Å². The summed E-state index contributed by atoms with van der Waals surface area (Å²) in [4.78, 5) is 12.0. The maximum Gasteiger partial charge on any atom is 0.252 e. The first-order valence-electron chi connectivity index (χ1n) is 5.63. The van der Waals surface area contributed by atoms with Gasteiger partial charge in [-0.25, -0.2) is 0 Å². The third kappa shape index (κ3) is 3.43. The zero-order valence-corrected chi connectivity index (χ0v) is 11.5. The van der Waals surface area contributed by atoms with Crippen LogP contribution in [0, 0.1) is 0 Å². The van der Waals surface area contributed by atoms with E-state index in [4.69, 9.17) is 33.4 Å². The maximum atomic E-state index is 12.0. The van der Waals surface area contributed by atoms with Crippen molar-refractivity contribution in [2.45, 2.75) is 6.42 Å². The normalized spacial score (nSPS) is 10.4. The molecule has 0 spiro atoms. The fourth-order valence-electron chi connectivity index (χ4n) is 1.62. The Morgan fingerprint density at radius 2 is 2.16 bits per heavy atom. The molecule has 0 aliphatic rings. The second-order valence-corrected chi connectivity index (χ2v) is 4.73. The number of carbonyl (C=O) groups is 1. The first kappa shape index (κ1) is 13.8. The summed E-state index contributed by atoms with van der Waals surface area (Å²) in [6.45, 7) is 0.440. The zero-order chi connectivity index (χ0) is 13.8. The molecular weight excluding hydrogens is 287 g/mol. The van der Waals surface area contributed by atoms with Gasteiger partial charge in [0.1, 0.15) is 5.76 Å². The Labute approximate surface area is 120 Å². The van der Waals surface area contributed by atoms with Crippen molar-refractivity contribution in [3.63, 3.8) is 0 Å². The molecule has 0 aliphatic carbocycles. The van der Waals surface area contributed by atoms with Crippen molar-refractivity contribution in [2.24, 2.45) is 0 Å². The monoisotopic (exact) mass is 298 g/mol. The van der Waals surface area contributed by atoms with Crippen LogP contribution in [0.15, 0.2) is 34.9 Å². The van der Waals surface area contributed by atoms with E-state index in [1.54, 1.807) is 12.3 Å². The van der Waals surface area contributed by atoms with Crippen LogP contribution >= 0.6 is 23.2 Å². The first-order valence-corrected chi connectivity index (χ1v) is 6.38. The summed E-state index contributed by atoms with van der Waals surface area (Å²) >= 11 is 11.8. The molecule has 1 heterocycles. The predicted molar refractivity (Wildman–Crippen MR) is 75.6 cm³/mol. The summed E-state index contributed by atoms with van der Waals surface area (Å²) in [5, 5.41) is 3.20. The Kier molecular flexibility index (Phi) is 4.35. The van der Waals surface area contributed by atoms with Crippen LogP contribution in [0.3, 0.4) is 0 Å². The minimum Gasteiger partial charge on any atom is -0.469 e. The number of nitrogens with two attached hydrogens (primary N) is 1. The quantitative estimate of drug-likeness (QED) is 0.852. The number of anilines is 1. The lowest BCUT2D eigenvalue weighted by Gasteiger charge is -2.08. The number of benzene rings is 1. The molecule has 1 aromatic heterocycles. The highest BCUT2D eigenvalue weighted by molar-refractivity contribution is 6.44. The molecule has 4 nitrogen and oxygen atoms in total. The maximum absolute atomic E-state index is 12.0. The minimum absolute atomic E-state index is 0.200. The number of nitrogen functional groups attached to an aromatic ring is 1. The number of carbonyl (C=O) groups excluding carboxylic acids is 1. The Morgan fingerprint density at radius 3 is 2.84 bits per heavy atom. The van der Waals surface area contributed by atoms with Gasteiger partial charge in [0.15, 0.2) is 0 Å². The Hall–Kier alpha value is -1.65. The molecular formula is C13H12Cl2N2O2. The number of nitrogens with one attached hydrogen (secondary N) is 1. The number of furan rings is 1. The number of halogens is 2. The second-order valence-electron chi connectivity index (χ2n) is 3.95. The van der Waals surface area contributed by atoms with Crippen LogP contribution in [0.5, 0.6) is 0 Å². The molecule has 2 aromatic rings. The molecule has 0 saturated carbocycles. The van der Waals surface area contributed by atoms with Crippen LogP contribution < -0.4 is 11.1 Å². The highest BCUT2D eigenvalue weighted by Gasteiger charge is 2.13. The average molecular weight is 299 g/mol. The average Bonchev–Trinajstić information content (AvgIpc) is 2.86. The highest BCUT2D eigenvalue weighted by atomic mass is 35.5. The van der Waals surface area contributed by atoms with Gasteiger partial charge in [-0.1, -0.05) is 23.2 Å². The summed E-state index contributed by atoms with van der Waals surface area (Å²) in [6, 6.07) is 6.64. The summed E-state index contributed by atoms with van der Waals surface area (Å²) in [7, 11) is 0. The van der Waals surface area contributed by atoms with Crippen LogP contribution in [0.25, 0.3) is 0 Å². The number of rotatable bonds is 4. The van der Waals surface area contributed by atoms with Gasteiger partial charge in [0, 0.05) is 18.7 Å². The van der Waals surface area contributed by atoms with Crippen molar-refractivity contribution in [1.29, 1.82) is 0 Å². The molecule has 0 fully saturated rings.